The van der Waals surface area contributed by atoms with Gasteiger partial charge in [-0.25, -0.2) is 4.98 Å². The van der Waals surface area contributed by atoms with Gasteiger partial charge in [-0.3, -0.25) is 4.99 Å². The van der Waals surface area contributed by atoms with Crippen molar-refractivity contribution in [3.63, 3.8) is 0 Å². The maximum atomic E-state index is 5.17. The van der Waals surface area contributed by atoms with E-state index in [9.17, 15) is 0 Å². The van der Waals surface area contributed by atoms with E-state index in [0.717, 1.165) is 39.4 Å². The average Bonchev–Trinajstić information content (AvgIpc) is 3.88. The number of imidazole rings is 1. The van der Waals surface area contributed by atoms with Gasteiger partial charge in [-0.2, -0.15) is 0 Å². The third-order valence-electron chi connectivity index (χ3n) is 11.7. The molecule has 0 radical (unpaired) electrons. The van der Waals surface area contributed by atoms with Crippen molar-refractivity contribution in [3.05, 3.63) is 185 Å². The first-order valence-corrected chi connectivity index (χ1v) is 20.4. The Morgan fingerprint density at radius 1 is 0.632 bits per heavy atom. The maximum Gasteiger partial charge on any atom is 0.140 e. The lowest BCUT2D eigenvalue weighted by atomic mass is 9.65. The van der Waals surface area contributed by atoms with Crippen LogP contribution in [0.15, 0.2) is 157 Å². The minimum atomic E-state index is -0.579. The molecule has 280 valence electrons. The standard InChI is InChI=1S/C48H34N4.C3H8.C2H6/c1-29-13-4-7-18-41(29)49-30(2)31-23-25-33-34-26-24-32(47-50-42-19-8-11-22-45(42)51(47)3)28-40(34)48(39(33)27-31)37-16-6-10-21-44(37)52-43-20-9-5-14-35(43)36-15-12-17-38(48)46(36)52;1-3-2;1-2/h4-28H,1-3H3;3H2,1-2H3;1-2H3. The Kier molecular flexibility index (Phi) is 9.01. The van der Waals surface area contributed by atoms with Crippen LogP contribution in [0.4, 0.5) is 5.69 Å². The largest absolute Gasteiger partial charge is 0.327 e. The zero-order valence-corrected chi connectivity index (χ0v) is 33.9. The number of aryl methyl sites for hydroxylation is 2. The Morgan fingerprint density at radius 2 is 1.26 bits per heavy atom. The number of hydrogen-bond acceptors (Lipinski definition) is 2. The third kappa shape index (κ3) is 5.27. The highest BCUT2D eigenvalue weighted by Crippen LogP contribution is 2.61. The van der Waals surface area contributed by atoms with Crippen molar-refractivity contribution in [1.82, 2.24) is 14.1 Å². The van der Waals surface area contributed by atoms with Crippen LogP contribution in [0.3, 0.4) is 0 Å². The summed E-state index contributed by atoms with van der Waals surface area (Å²) in [7, 11) is 2.13. The second-order valence-corrected chi connectivity index (χ2v) is 15.0. The number of aromatic nitrogens is 3. The van der Waals surface area contributed by atoms with Crippen LogP contribution >= 0.6 is 0 Å². The van der Waals surface area contributed by atoms with E-state index in [-0.39, 0.29) is 0 Å². The normalized spacial score (nSPS) is 14.8. The van der Waals surface area contributed by atoms with Crippen molar-refractivity contribution in [1.29, 1.82) is 0 Å². The van der Waals surface area contributed by atoms with E-state index < -0.39 is 5.41 Å². The van der Waals surface area contributed by atoms with Crippen LogP contribution in [0.5, 0.6) is 0 Å². The molecular weight excluding hydrogens is 693 g/mol. The lowest BCUT2D eigenvalue weighted by Gasteiger charge is -2.39. The lowest BCUT2D eigenvalue weighted by Crippen LogP contribution is -2.33. The van der Waals surface area contributed by atoms with Crippen molar-refractivity contribution < 1.29 is 0 Å². The van der Waals surface area contributed by atoms with E-state index in [0.29, 0.717) is 0 Å². The van der Waals surface area contributed by atoms with E-state index in [2.05, 4.69) is 196 Å². The van der Waals surface area contributed by atoms with Gasteiger partial charge in [0.05, 0.1) is 38.9 Å². The number of para-hydroxylation sites is 6. The van der Waals surface area contributed by atoms with Gasteiger partial charge in [0, 0.05) is 29.1 Å². The number of rotatable bonds is 3. The van der Waals surface area contributed by atoms with E-state index in [1.54, 1.807) is 0 Å². The molecule has 0 bridgehead atoms. The van der Waals surface area contributed by atoms with Gasteiger partial charge in [0.15, 0.2) is 0 Å². The first-order chi connectivity index (χ1) is 27.9. The van der Waals surface area contributed by atoms with Gasteiger partial charge in [0.1, 0.15) is 5.82 Å². The van der Waals surface area contributed by atoms with Gasteiger partial charge >= 0.3 is 0 Å². The van der Waals surface area contributed by atoms with Gasteiger partial charge < -0.3 is 9.13 Å². The predicted octanol–water partition coefficient (Wildman–Crippen LogP) is 13.9. The van der Waals surface area contributed by atoms with Gasteiger partial charge in [0.25, 0.3) is 0 Å². The summed E-state index contributed by atoms with van der Waals surface area (Å²) < 4.78 is 4.73. The molecule has 1 atom stereocenters. The molecule has 1 aliphatic heterocycles. The molecule has 0 fully saturated rings. The molecule has 1 unspecified atom stereocenters. The van der Waals surface area contributed by atoms with Crippen LogP contribution in [0.25, 0.3) is 61.0 Å². The molecule has 7 aromatic carbocycles. The molecule has 57 heavy (non-hydrogen) atoms. The summed E-state index contributed by atoms with van der Waals surface area (Å²) in [6.45, 7) is 12.5. The van der Waals surface area contributed by atoms with Gasteiger partial charge in [0.2, 0.25) is 0 Å². The quantitative estimate of drug-likeness (QED) is 0.166. The molecule has 3 heterocycles. The minimum absolute atomic E-state index is 0.579. The molecule has 9 aromatic rings. The molecule has 2 aliphatic rings. The molecule has 0 saturated heterocycles. The van der Waals surface area contributed by atoms with Crippen LogP contribution in [0.1, 0.15) is 74.4 Å². The highest BCUT2D eigenvalue weighted by atomic mass is 15.1. The van der Waals surface area contributed by atoms with Crippen LogP contribution in [0, 0.1) is 6.92 Å². The highest BCUT2D eigenvalue weighted by molar-refractivity contribution is 6.13. The van der Waals surface area contributed by atoms with Crippen LogP contribution in [-0.2, 0) is 12.5 Å². The van der Waals surface area contributed by atoms with Crippen molar-refractivity contribution in [2.45, 2.75) is 53.4 Å². The summed E-state index contributed by atoms with van der Waals surface area (Å²) in [5.74, 6) is 0.966. The van der Waals surface area contributed by atoms with Crippen molar-refractivity contribution in [2.24, 2.45) is 12.0 Å². The zero-order chi connectivity index (χ0) is 39.4. The molecule has 1 spiro atoms. The molecule has 4 heteroatoms. The Balaban J connectivity index is 0.000000810. The summed E-state index contributed by atoms with van der Waals surface area (Å²) in [6, 6.07) is 55.6. The van der Waals surface area contributed by atoms with Crippen molar-refractivity contribution >= 4 is 44.2 Å². The fourth-order valence-corrected chi connectivity index (χ4v) is 9.31. The summed E-state index contributed by atoms with van der Waals surface area (Å²) in [5, 5.41) is 2.55. The van der Waals surface area contributed by atoms with Gasteiger partial charge in [-0.15, -0.1) is 0 Å². The highest BCUT2D eigenvalue weighted by Gasteiger charge is 2.51. The van der Waals surface area contributed by atoms with Crippen molar-refractivity contribution in [2.75, 3.05) is 0 Å². The van der Waals surface area contributed by atoms with E-state index in [1.807, 2.05) is 13.8 Å². The second-order valence-electron chi connectivity index (χ2n) is 15.0. The smallest absolute Gasteiger partial charge is 0.140 e. The molecule has 11 rings (SSSR count). The molecule has 1 aliphatic carbocycles. The first kappa shape index (κ1) is 36.1. The minimum Gasteiger partial charge on any atom is -0.327 e. The lowest BCUT2D eigenvalue weighted by molar-refractivity contribution is 0.748. The molecule has 4 nitrogen and oxygen atoms in total. The number of aliphatic imine (C=N–C) groups is 1. The van der Waals surface area contributed by atoms with Crippen molar-refractivity contribution in [3.8, 4) is 28.2 Å². The number of fused-ring (bicyclic) bond motifs is 13. The Labute approximate surface area is 335 Å². The second kappa shape index (κ2) is 14.2. The Hall–Kier alpha value is -6.52. The van der Waals surface area contributed by atoms with Gasteiger partial charge in [-0.1, -0.05) is 143 Å². The fourth-order valence-electron chi connectivity index (χ4n) is 9.31. The van der Waals surface area contributed by atoms with Gasteiger partial charge in [-0.05, 0) is 101 Å². The maximum absolute atomic E-state index is 5.17. The topological polar surface area (TPSA) is 35.1 Å². The molecule has 0 amide bonds. The molecule has 0 N–H and O–H groups in total. The fraction of sp³-hybridized carbons (Fsp3) is 0.170. The molecular formula is C53H48N4. The summed E-state index contributed by atoms with van der Waals surface area (Å²) >= 11 is 0. The first-order valence-electron chi connectivity index (χ1n) is 20.4. The third-order valence-corrected chi connectivity index (χ3v) is 11.7. The van der Waals surface area contributed by atoms with Crippen LogP contribution < -0.4 is 0 Å². The molecule has 2 aromatic heterocycles. The monoisotopic (exact) mass is 740 g/mol. The van der Waals surface area contributed by atoms with E-state index in [4.69, 9.17) is 9.98 Å². The Bertz CT molecular complexity index is 3030. The summed E-state index contributed by atoms with van der Waals surface area (Å²) in [6.07, 6.45) is 1.25. The Morgan fingerprint density at radius 3 is 2.05 bits per heavy atom. The van der Waals surface area contributed by atoms with Crippen LogP contribution in [0.2, 0.25) is 0 Å². The van der Waals surface area contributed by atoms with Crippen LogP contribution in [-0.4, -0.2) is 19.8 Å². The number of nitrogens with zero attached hydrogens (tertiary/aromatic N) is 4. The molecule has 0 saturated carbocycles. The average molecular weight is 741 g/mol. The summed E-state index contributed by atoms with van der Waals surface area (Å²) in [5.41, 5.74) is 18.3. The zero-order valence-electron chi connectivity index (χ0n) is 33.9. The predicted molar refractivity (Wildman–Crippen MR) is 242 cm³/mol. The summed E-state index contributed by atoms with van der Waals surface area (Å²) in [4.78, 5) is 10.3. The van der Waals surface area contributed by atoms with E-state index in [1.165, 1.54) is 72.9 Å². The van der Waals surface area contributed by atoms with E-state index >= 15 is 0 Å². The number of benzene rings is 7. The SMILES string of the molecule is CC.CC(=Nc1ccccc1C)c1ccc2c(c1)C1(c3cc(-c4nc5ccccc5n4C)ccc3-2)c2ccccc2-n2c3ccccc3c3cccc1c32.CCC. The number of hydrogen-bond donors (Lipinski definition) is 0.